The molecule has 22 heavy (non-hydrogen) atoms. The summed E-state index contributed by atoms with van der Waals surface area (Å²) in [7, 11) is -3.33. The van der Waals surface area contributed by atoms with Crippen LogP contribution < -0.4 is 0 Å². The van der Waals surface area contributed by atoms with Crippen molar-refractivity contribution in [1.82, 2.24) is 4.90 Å². The highest BCUT2D eigenvalue weighted by atomic mass is 32.2. The van der Waals surface area contributed by atoms with Gasteiger partial charge in [0, 0.05) is 36.9 Å². The Kier molecular flexibility index (Phi) is 3.77. The molecule has 0 aliphatic carbocycles. The van der Waals surface area contributed by atoms with Crippen molar-refractivity contribution >= 4 is 15.7 Å². The summed E-state index contributed by atoms with van der Waals surface area (Å²) in [5.41, 5.74) is 1.23. The Morgan fingerprint density at radius 2 is 2.09 bits per heavy atom. The van der Waals surface area contributed by atoms with Gasteiger partial charge in [0.1, 0.15) is 0 Å². The van der Waals surface area contributed by atoms with Crippen molar-refractivity contribution in [3.05, 3.63) is 29.3 Å². The Hall–Kier alpha value is -1.40. The topological polar surface area (TPSA) is 63.7 Å². The maximum absolute atomic E-state index is 12.7. The minimum absolute atomic E-state index is 0.0892. The van der Waals surface area contributed by atoms with Gasteiger partial charge in [-0.1, -0.05) is 6.07 Å². The van der Waals surface area contributed by atoms with Crippen LogP contribution in [0.25, 0.3) is 0 Å². The number of sulfone groups is 1. The molecule has 120 valence electrons. The molecule has 6 heteroatoms. The Morgan fingerprint density at radius 3 is 2.73 bits per heavy atom. The maximum atomic E-state index is 12.7. The minimum Gasteiger partial charge on any atom is -0.381 e. The standard InChI is InChI=1S/C16H21NO4S/c1-12-3-4-13(9-14(12)22(2,19)20)15(18)17-7-5-16(10-17)6-8-21-11-16/h3-4,9H,5-8,10-11H2,1-2H3. The first kappa shape index (κ1) is 15.5. The lowest BCUT2D eigenvalue weighted by molar-refractivity contribution is 0.0765. The number of aryl methyl sites for hydroxylation is 1. The van der Waals surface area contributed by atoms with E-state index in [0.29, 0.717) is 24.2 Å². The molecule has 0 N–H and O–H groups in total. The van der Waals surface area contributed by atoms with E-state index in [2.05, 4.69) is 0 Å². The first-order chi connectivity index (χ1) is 10.3. The van der Waals surface area contributed by atoms with Crippen molar-refractivity contribution in [1.29, 1.82) is 0 Å². The molecular formula is C16H21NO4S. The van der Waals surface area contributed by atoms with Gasteiger partial charge in [0.05, 0.1) is 11.5 Å². The maximum Gasteiger partial charge on any atom is 0.253 e. The summed E-state index contributed by atoms with van der Waals surface area (Å²) in [6.07, 6.45) is 3.13. The van der Waals surface area contributed by atoms with Crippen LogP contribution in [0, 0.1) is 12.3 Å². The van der Waals surface area contributed by atoms with Gasteiger partial charge in [-0.3, -0.25) is 4.79 Å². The fourth-order valence-electron chi connectivity index (χ4n) is 3.40. The fourth-order valence-corrected chi connectivity index (χ4v) is 4.39. The zero-order valence-electron chi connectivity index (χ0n) is 13.0. The molecular weight excluding hydrogens is 302 g/mol. The number of ether oxygens (including phenoxy) is 1. The largest absolute Gasteiger partial charge is 0.381 e. The Morgan fingerprint density at radius 1 is 1.32 bits per heavy atom. The van der Waals surface area contributed by atoms with E-state index in [0.717, 1.165) is 26.1 Å². The second-order valence-electron chi connectivity index (χ2n) is 6.53. The third kappa shape index (κ3) is 2.77. The molecule has 1 unspecified atom stereocenters. The van der Waals surface area contributed by atoms with Crippen molar-refractivity contribution in [3.63, 3.8) is 0 Å². The number of carbonyl (C=O) groups is 1. The van der Waals surface area contributed by atoms with Gasteiger partial charge in [-0.15, -0.1) is 0 Å². The number of hydrogen-bond acceptors (Lipinski definition) is 4. The van der Waals surface area contributed by atoms with E-state index < -0.39 is 9.84 Å². The average molecular weight is 323 g/mol. The van der Waals surface area contributed by atoms with Crippen molar-refractivity contribution in [2.24, 2.45) is 5.41 Å². The van der Waals surface area contributed by atoms with Gasteiger partial charge < -0.3 is 9.64 Å². The zero-order chi connectivity index (χ0) is 16.0. The lowest BCUT2D eigenvalue weighted by Crippen LogP contribution is -2.32. The summed E-state index contributed by atoms with van der Waals surface area (Å²) in [4.78, 5) is 14.7. The number of nitrogens with zero attached hydrogens (tertiary/aromatic N) is 1. The molecule has 5 nitrogen and oxygen atoms in total. The predicted octanol–water partition coefficient (Wildman–Crippen LogP) is 1.65. The highest BCUT2D eigenvalue weighted by Gasteiger charge is 2.42. The Balaban J connectivity index is 1.84. The van der Waals surface area contributed by atoms with Gasteiger partial charge in [0.2, 0.25) is 0 Å². The van der Waals surface area contributed by atoms with Gasteiger partial charge in [0.25, 0.3) is 5.91 Å². The third-order valence-electron chi connectivity index (χ3n) is 4.75. The highest BCUT2D eigenvalue weighted by molar-refractivity contribution is 7.90. The van der Waals surface area contributed by atoms with Crippen LogP contribution >= 0.6 is 0 Å². The van der Waals surface area contributed by atoms with Crippen LogP contribution in [0.1, 0.15) is 28.8 Å². The molecule has 2 saturated heterocycles. The molecule has 2 aliphatic rings. The molecule has 1 amide bonds. The van der Waals surface area contributed by atoms with Crippen LogP contribution in [0.4, 0.5) is 0 Å². The quantitative estimate of drug-likeness (QED) is 0.830. The summed E-state index contributed by atoms with van der Waals surface area (Å²) in [5.74, 6) is -0.0892. The number of benzene rings is 1. The summed E-state index contributed by atoms with van der Waals surface area (Å²) < 4.78 is 29.1. The van der Waals surface area contributed by atoms with Crippen molar-refractivity contribution in [3.8, 4) is 0 Å². The first-order valence-corrected chi connectivity index (χ1v) is 9.38. The summed E-state index contributed by atoms with van der Waals surface area (Å²) in [6, 6.07) is 4.92. The molecule has 1 atom stereocenters. The number of likely N-dealkylation sites (tertiary alicyclic amines) is 1. The number of carbonyl (C=O) groups excluding carboxylic acids is 1. The van der Waals surface area contributed by atoms with E-state index in [1.807, 2.05) is 4.90 Å². The second-order valence-corrected chi connectivity index (χ2v) is 8.52. The SMILES string of the molecule is Cc1ccc(C(=O)N2CCC3(CCOC3)C2)cc1S(C)(=O)=O. The van der Waals surface area contributed by atoms with E-state index in [1.165, 1.54) is 12.3 Å². The second kappa shape index (κ2) is 5.35. The van der Waals surface area contributed by atoms with Gasteiger partial charge in [-0.25, -0.2) is 8.42 Å². The van der Waals surface area contributed by atoms with Gasteiger partial charge >= 0.3 is 0 Å². The molecule has 1 aromatic carbocycles. The molecule has 2 fully saturated rings. The highest BCUT2D eigenvalue weighted by Crippen LogP contribution is 2.38. The lowest BCUT2D eigenvalue weighted by atomic mass is 9.87. The number of hydrogen-bond donors (Lipinski definition) is 0. The van der Waals surface area contributed by atoms with Crippen LogP contribution in [0.3, 0.4) is 0 Å². The Bertz CT molecular complexity index is 705. The van der Waals surface area contributed by atoms with Crippen LogP contribution in [-0.4, -0.2) is 51.8 Å². The molecule has 0 radical (unpaired) electrons. The van der Waals surface area contributed by atoms with Gasteiger partial charge in [0.15, 0.2) is 9.84 Å². The minimum atomic E-state index is -3.33. The van der Waals surface area contributed by atoms with E-state index in [-0.39, 0.29) is 16.2 Å². The van der Waals surface area contributed by atoms with Crippen LogP contribution in [0.5, 0.6) is 0 Å². The van der Waals surface area contributed by atoms with Crippen LogP contribution in [0.2, 0.25) is 0 Å². The van der Waals surface area contributed by atoms with Crippen LogP contribution in [0.15, 0.2) is 23.1 Å². The zero-order valence-corrected chi connectivity index (χ0v) is 13.8. The lowest BCUT2D eigenvalue weighted by Gasteiger charge is -2.22. The summed E-state index contributed by atoms with van der Waals surface area (Å²) in [5, 5.41) is 0. The monoisotopic (exact) mass is 323 g/mol. The van der Waals surface area contributed by atoms with Gasteiger partial charge in [-0.05, 0) is 37.5 Å². The van der Waals surface area contributed by atoms with E-state index in [1.54, 1.807) is 19.1 Å². The molecule has 0 aromatic heterocycles. The number of amides is 1. The molecule has 2 aliphatic heterocycles. The third-order valence-corrected chi connectivity index (χ3v) is 5.98. The molecule has 2 heterocycles. The van der Waals surface area contributed by atoms with E-state index in [9.17, 15) is 13.2 Å². The first-order valence-electron chi connectivity index (χ1n) is 7.49. The number of rotatable bonds is 2. The van der Waals surface area contributed by atoms with Gasteiger partial charge in [-0.2, -0.15) is 0 Å². The summed E-state index contributed by atoms with van der Waals surface area (Å²) in [6.45, 7) is 4.65. The van der Waals surface area contributed by atoms with Crippen molar-refractivity contribution < 1.29 is 17.9 Å². The van der Waals surface area contributed by atoms with Crippen LogP contribution in [-0.2, 0) is 14.6 Å². The Labute approximate surface area is 131 Å². The molecule has 1 aromatic rings. The molecule has 1 spiro atoms. The summed E-state index contributed by atoms with van der Waals surface area (Å²) >= 11 is 0. The molecule has 0 bridgehead atoms. The fraction of sp³-hybridized carbons (Fsp3) is 0.562. The van der Waals surface area contributed by atoms with Crippen molar-refractivity contribution in [2.45, 2.75) is 24.7 Å². The molecule has 0 saturated carbocycles. The smallest absolute Gasteiger partial charge is 0.253 e. The normalized spacial score (nSPS) is 25.1. The van der Waals surface area contributed by atoms with E-state index >= 15 is 0 Å². The van der Waals surface area contributed by atoms with E-state index in [4.69, 9.17) is 4.74 Å². The average Bonchev–Trinajstić information content (AvgIpc) is 3.08. The molecule has 3 rings (SSSR count). The van der Waals surface area contributed by atoms with Crippen molar-refractivity contribution in [2.75, 3.05) is 32.6 Å². The predicted molar refractivity (Wildman–Crippen MR) is 82.7 cm³/mol.